The number of nitrogens with zero attached hydrogens (tertiary/aromatic N) is 3. The Morgan fingerprint density at radius 3 is 1.63 bits per heavy atom. The highest BCUT2D eigenvalue weighted by molar-refractivity contribution is 6.52. The number of benzene rings is 2. The van der Waals surface area contributed by atoms with Crippen molar-refractivity contribution >= 4 is 28.3 Å². The molecule has 7 rings (SSSR count). The van der Waals surface area contributed by atoms with Crippen LogP contribution in [0, 0.1) is 51.7 Å². The van der Waals surface area contributed by atoms with Crippen LogP contribution in [-0.4, -0.2) is 26.3 Å². The topological polar surface area (TPSA) is 99.4 Å². The first-order valence-corrected chi connectivity index (χ1v) is 14.4. The average Bonchev–Trinajstić information content (AvgIpc) is 3.73. The summed E-state index contributed by atoms with van der Waals surface area (Å²) in [5, 5.41) is 12.5. The second kappa shape index (κ2) is 9.63. The Balaban J connectivity index is 1.57. The Bertz CT molecular complexity index is 2060. The Morgan fingerprint density at radius 2 is 1.09 bits per heavy atom. The molecule has 3 aliphatic rings. The first-order valence-electron chi connectivity index (χ1n) is 14.4. The van der Waals surface area contributed by atoms with Gasteiger partial charge in [0.25, 0.3) is 5.69 Å². The van der Waals surface area contributed by atoms with E-state index in [-0.39, 0.29) is 10.6 Å². The van der Waals surface area contributed by atoms with Gasteiger partial charge >= 0.3 is 0 Å². The van der Waals surface area contributed by atoms with Crippen molar-refractivity contribution < 1.29 is 4.92 Å². The Hall–Kier alpha value is -5.30. The molecule has 212 valence electrons. The van der Waals surface area contributed by atoms with Crippen LogP contribution in [0.3, 0.4) is 0 Å². The van der Waals surface area contributed by atoms with Gasteiger partial charge in [-0.25, -0.2) is 9.98 Å². The Morgan fingerprint density at radius 1 is 0.605 bits per heavy atom. The number of nitrogens with one attached hydrogen (secondary N) is 2. The molecule has 0 spiro atoms. The molecule has 8 bridgehead atoms. The summed E-state index contributed by atoms with van der Waals surface area (Å²) in [5.41, 5.74) is 16.1. The highest BCUT2D eigenvalue weighted by Crippen LogP contribution is 2.42. The van der Waals surface area contributed by atoms with Crippen molar-refractivity contribution in [2.24, 2.45) is 9.98 Å². The molecule has 0 atom stereocenters. The molecule has 2 aromatic carbocycles. The predicted octanol–water partition coefficient (Wildman–Crippen LogP) is 8.32. The summed E-state index contributed by atoms with van der Waals surface area (Å²) >= 11 is 0. The Kier molecular flexibility index (Phi) is 5.95. The van der Waals surface area contributed by atoms with Crippen LogP contribution in [0.5, 0.6) is 0 Å². The van der Waals surface area contributed by atoms with Crippen LogP contribution < -0.4 is 0 Å². The van der Waals surface area contributed by atoms with Crippen molar-refractivity contribution in [2.75, 3.05) is 0 Å². The Labute approximate surface area is 250 Å². The van der Waals surface area contributed by atoms with Gasteiger partial charge in [0.2, 0.25) is 0 Å². The van der Waals surface area contributed by atoms with Crippen LogP contribution in [0.2, 0.25) is 0 Å². The minimum atomic E-state index is -0.318. The van der Waals surface area contributed by atoms with Crippen molar-refractivity contribution in [1.29, 1.82) is 0 Å². The molecule has 0 fully saturated rings. The molecule has 0 amide bonds. The molecular formula is C36H31N5O2. The van der Waals surface area contributed by atoms with Crippen molar-refractivity contribution in [3.63, 3.8) is 0 Å². The van der Waals surface area contributed by atoms with Gasteiger partial charge in [-0.1, -0.05) is 35.4 Å². The van der Waals surface area contributed by atoms with Crippen molar-refractivity contribution in [3.05, 3.63) is 144 Å². The smallest absolute Gasteiger partial charge is 0.295 e. The highest BCUT2D eigenvalue weighted by Gasteiger charge is 2.30. The largest absolute Gasteiger partial charge is 0.353 e. The van der Waals surface area contributed by atoms with Gasteiger partial charge in [0.15, 0.2) is 0 Å². The number of nitro groups is 1. The van der Waals surface area contributed by atoms with Gasteiger partial charge in [0, 0.05) is 22.9 Å². The molecular weight excluding hydrogens is 534 g/mol. The van der Waals surface area contributed by atoms with Crippen LogP contribution in [0.25, 0.3) is 22.5 Å². The predicted molar refractivity (Wildman–Crippen MR) is 174 cm³/mol. The monoisotopic (exact) mass is 565 g/mol. The number of aromatic nitrogens is 2. The van der Waals surface area contributed by atoms with E-state index < -0.39 is 0 Å². The minimum absolute atomic E-state index is 0.00232. The number of aryl methyl sites for hydroxylation is 6. The summed E-state index contributed by atoms with van der Waals surface area (Å²) < 4.78 is 0. The molecule has 0 saturated heterocycles. The lowest BCUT2D eigenvalue weighted by Gasteiger charge is -2.16. The number of allylic oxidation sites excluding steroid dienone is 4. The zero-order valence-corrected chi connectivity index (χ0v) is 25.0. The van der Waals surface area contributed by atoms with E-state index in [1.165, 1.54) is 5.56 Å². The van der Waals surface area contributed by atoms with E-state index in [0.717, 1.165) is 73.0 Å². The van der Waals surface area contributed by atoms with Crippen LogP contribution in [0.1, 0.15) is 55.9 Å². The maximum atomic E-state index is 12.5. The standard InChI is InChI=1S/C36H31N5O2/c1-18-13-20(3)32(21(4)14-18)34-27-10-7-24(37-27)25-8-12-29(38-25)35(33-22(5)15-19(2)16-23(33)6)36-31(41(42)43)17-30(40-36)26-9-11-28(34)39-26/h7-17,39-40H,1-6H3. The third-order valence-electron chi connectivity index (χ3n) is 8.40. The number of aliphatic imine (C=N–C) groups is 2. The summed E-state index contributed by atoms with van der Waals surface area (Å²) in [6.45, 7) is 12.5. The van der Waals surface area contributed by atoms with E-state index in [2.05, 4.69) is 61.9 Å². The van der Waals surface area contributed by atoms with Crippen LogP contribution in [-0.2, 0) is 0 Å². The van der Waals surface area contributed by atoms with Crippen molar-refractivity contribution in [1.82, 2.24) is 9.97 Å². The lowest BCUT2D eigenvalue weighted by atomic mass is 9.90. The summed E-state index contributed by atoms with van der Waals surface area (Å²) in [6.07, 6.45) is 7.94. The summed E-state index contributed by atoms with van der Waals surface area (Å²) in [6, 6.07) is 14.2. The third-order valence-corrected chi connectivity index (χ3v) is 8.40. The molecule has 0 unspecified atom stereocenters. The maximum Gasteiger partial charge on any atom is 0.295 e. The minimum Gasteiger partial charge on any atom is -0.353 e. The number of H-pyrrole nitrogens is 2. The van der Waals surface area contributed by atoms with Gasteiger partial charge in [-0.3, -0.25) is 10.1 Å². The number of hydrogen-bond acceptors (Lipinski definition) is 4. The van der Waals surface area contributed by atoms with E-state index in [9.17, 15) is 10.1 Å². The second-order valence-corrected chi connectivity index (χ2v) is 11.7. The molecule has 4 aromatic rings. The lowest BCUT2D eigenvalue weighted by Crippen LogP contribution is -2.05. The highest BCUT2D eigenvalue weighted by atomic mass is 16.6. The molecule has 0 saturated carbocycles. The van der Waals surface area contributed by atoms with E-state index >= 15 is 0 Å². The molecule has 0 aliphatic carbocycles. The van der Waals surface area contributed by atoms with Crippen LogP contribution >= 0.6 is 0 Å². The van der Waals surface area contributed by atoms with E-state index in [1.54, 1.807) is 6.07 Å². The maximum absolute atomic E-state index is 12.5. The van der Waals surface area contributed by atoms with E-state index in [1.807, 2.05) is 50.3 Å². The third kappa shape index (κ3) is 4.27. The molecule has 43 heavy (non-hydrogen) atoms. The van der Waals surface area contributed by atoms with Crippen molar-refractivity contribution in [2.45, 2.75) is 41.5 Å². The first kappa shape index (κ1) is 26.6. The number of rotatable bonds is 3. The quantitative estimate of drug-likeness (QED) is 0.193. The summed E-state index contributed by atoms with van der Waals surface area (Å²) in [5.74, 6) is 0. The zero-order chi connectivity index (χ0) is 30.2. The molecule has 0 radical (unpaired) electrons. The zero-order valence-electron chi connectivity index (χ0n) is 25.0. The molecule has 2 N–H and O–H groups in total. The fourth-order valence-electron chi connectivity index (χ4n) is 6.84. The SMILES string of the molecule is Cc1cc(C)c(C2=C3C=CC(=N3)C3=NC(=C(c4c(C)cc(C)cc4C)c4[nH]c(cc4[N+](=O)[O-])-c4ccc2[nH]4)C=C3)c(C)c1. The average molecular weight is 566 g/mol. The first-order chi connectivity index (χ1) is 20.6. The fourth-order valence-corrected chi connectivity index (χ4v) is 6.84. The van der Waals surface area contributed by atoms with Gasteiger partial charge < -0.3 is 9.97 Å². The molecule has 5 heterocycles. The van der Waals surface area contributed by atoms with Gasteiger partial charge in [-0.15, -0.1) is 0 Å². The summed E-state index contributed by atoms with van der Waals surface area (Å²) in [7, 11) is 0. The second-order valence-electron chi connectivity index (χ2n) is 11.7. The number of hydrogen-bond donors (Lipinski definition) is 2. The molecule has 3 aliphatic heterocycles. The van der Waals surface area contributed by atoms with Gasteiger partial charge in [-0.05, 0) is 111 Å². The molecule has 2 aromatic heterocycles. The van der Waals surface area contributed by atoms with Gasteiger partial charge in [0.1, 0.15) is 5.69 Å². The number of aromatic amines is 2. The van der Waals surface area contributed by atoms with Gasteiger partial charge in [-0.2, -0.15) is 0 Å². The van der Waals surface area contributed by atoms with Gasteiger partial charge in [0.05, 0.1) is 39.1 Å². The van der Waals surface area contributed by atoms with E-state index in [0.29, 0.717) is 22.7 Å². The van der Waals surface area contributed by atoms with Crippen molar-refractivity contribution in [3.8, 4) is 11.4 Å². The molecule has 7 heteroatoms. The molecule has 7 nitrogen and oxygen atoms in total. The lowest BCUT2D eigenvalue weighted by molar-refractivity contribution is -0.385. The number of fused-ring (bicyclic) bond motifs is 8. The summed E-state index contributed by atoms with van der Waals surface area (Å²) in [4.78, 5) is 29.4. The normalized spacial score (nSPS) is 15.3. The van der Waals surface area contributed by atoms with E-state index in [4.69, 9.17) is 9.98 Å². The van der Waals surface area contributed by atoms with Crippen LogP contribution in [0.15, 0.2) is 88.1 Å². The van der Waals surface area contributed by atoms with Crippen LogP contribution in [0.4, 0.5) is 5.69 Å². The fraction of sp³-hybridized carbons (Fsp3) is 0.167.